The number of nitrogens with zero attached hydrogens (tertiary/aromatic N) is 1. The minimum atomic E-state index is 0.635. The molecule has 5 heteroatoms. The summed E-state index contributed by atoms with van der Waals surface area (Å²) in [5.41, 5.74) is 1.28. The Bertz CT molecular complexity index is 473. The van der Waals surface area contributed by atoms with E-state index in [2.05, 4.69) is 39.3 Å². The van der Waals surface area contributed by atoms with Crippen molar-refractivity contribution in [3.05, 3.63) is 22.2 Å². The fourth-order valence-corrected chi connectivity index (χ4v) is 3.30. The van der Waals surface area contributed by atoms with Crippen LogP contribution in [0.25, 0.3) is 0 Å². The molecule has 2 aliphatic rings. The van der Waals surface area contributed by atoms with Crippen LogP contribution in [0.4, 0.5) is 0 Å². The molecule has 0 amide bonds. The lowest BCUT2D eigenvalue weighted by Crippen LogP contribution is -2.40. The van der Waals surface area contributed by atoms with Gasteiger partial charge in [0.2, 0.25) is 0 Å². The lowest BCUT2D eigenvalue weighted by molar-refractivity contribution is 0.169. The Morgan fingerprint density at radius 3 is 2.50 bits per heavy atom. The predicted molar refractivity (Wildman–Crippen MR) is 82.5 cm³/mol. The molecule has 1 fully saturated rings. The molecule has 4 nitrogen and oxygen atoms in total. The van der Waals surface area contributed by atoms with Gasteiger partial charge in [0.05, 0.1) is 0 Å². The first-order chi connectivity index (χ1) is 9.76. The molecule has 20 heavy (non-hydrogen) atoms. The van der Waals surface area contributed by atoms with Crippen molar-refractivity contribution in [1.29, 1.82) is 0 Å². The van der Waals surface area contributed by atoms with Gasteiger partial charge in [-0.2, -0.15) is 0 Å². The van der Waals surface area contributed by atoms with Crippen molar-refractivity contribution in [3.8, 4) is 11.5 Å². The van der Waals surface area contributed by atoms with Gasteiger partial charge in [0.1, 0.15) is 13.2 Å². The highest BCUT2D eigenvalue weighted by atomic mass is 79.9. The maximum absolute atomic E-state index is 5.67. The molecule has 0 saturated carbocycles. The highest BCUT2D eigenvalue weighted by Crippen LogP contribution is 2.36. The molecule has 0 aromatic heterocycles. The zero-order valence-electron chi connectivity index (χ0n) is 11.8. The van der Waals surface area contributed by atoms with E-state index in [1.807, 2.05) is 6.07 Å². The highest BCUT2D eigenvalue weighted by Gasteiger charge is 2.20. The molecule has 1 aromatic rings. The molecule has 3 rings (SSSR count). The molecular weight excluding hydrogens is 320 g/mol. The summed E-state index contributed by atoms with van der Waals surface area (Å²) in [5, 5.41) is 3.37. The average Bonchev–Trinajstić information content (AvgIpc) is 2.49. The number of ether oxygens (including phenoxy) is 2. The summed E-state index contributed by atoms with van der Waals surface area (Å²) in [6.07, 6.45) is 2.44. The van der Waals surface area contributed by atoms with Gasteiger partial charge in [0.25, 0.3) is 0 Å². The second kappa shape index (κ2) is 6.33. The lowest BCUT2D eigenvalue weighted by Gasteiger charge is -2.32. The number of fused-ring (bicyclic) bond motifs is 1. The Morgan fingerprint density at radius 1 is 1.20 bits per heavy atom. The first-order valence-electron chi connectivity index (χ1n) is 7.24. The van der Waals surface area contributed by atoms with E-state index >= 15 is 0 Å². The van der Waals surface area contributed by atoms with E-state index in [0.29, 0.717) is 19.3 Å². The van der Waals surface area contributed by atoms with E-state index in [4.69, 9.17) is 9.47 Å². The maximum Gasteiger partial charge on any atom is 0.162 e. The first-order valence-corrected chi connectivity index (χ1v) is 8.03. The third kappa shape index (κ3) is 3.10. The van der Waals surface area contributed by atoms with E-state index in [0.717, 1.165) is 35.6 Å². The van der Waals surface area contributed by atoms with Gasteiger partial charge in [-0.25, -0.2) is 0 Å². The molecule has 0 spiro atoms. The average molecular weight is 341 g/mol. The minimum Gasteiger partial charge on any atom is -0.486 e. The summed E-state index contributed by atoms with van der Waals surface area (Å²) in [6, 6.07) is 4.82. The number of halogens is 1. The van der Waals surface area contributed by atoms with Crippen LogP contribution in [0, 0.1) is 0 Å². The Balaban J connectivity index is 1.68. The molecule has 1 aromatic carbocycles. The van der Waals surface area contributed by atoms with Crippen LogP contribution in [0.1, 0.15) is 18.4 Å². The zero-order chi connectivity index (χ0) is 13.9. The van der Waals surface area contributed by atoms with Crippen LogP contribution in [0.5, 0.6) is 11.5 Å². The van der Waals surface area contributed by atoms with Crippen molar-refractivity contribution in [2.24, 2.45) is 0 Å². The summed E-state index contributed by atoms with van der Waals surface area (Å²) in [5.74, 6) is 1.72. The number of benzene rings is 1. The minimum absolute atomic E-state index is 0.635. The van der Waals surface area contributed by atoms with Gasteiger partial charge >= 0.3 is 0 Å². The van der Waals surface area contributed by atoms with Gasteiger partial charge in [-0.05, 0) is 50.7 Å². The zero-order valence-corrected chi connectivity index (χ0v) is 13.4. The molecule has 110 valence electrons. The molecule has 0 aliphatic carbocycles. The SMILES string of the molecule is CNC1CCN(Cc2cc3c(cc2Br)OCCO3)CC1. The van der Waals surface area contributed by atoms with Gasteiger partial charge in [-0.15, -0.1) is 0 Å². The van der Waals surface area contributed by atoms with Crippen LogP contribution >= 0.6 is 15.9 Å². The maximum atomic E-state index is 5.67. The second-order valence-corrected chi connectivity index (χ2v) is 6.28. The van der Waals surface area contributed by atoms with Crippen molar-refractivity contribution in [3.63, 3.8) is 0 Å². The number of likely N-dealkylation sites (tertiary alicyclic amines) is 1. The molecule has 0 bridgehead atoms. The van der Waals surface area contributed by atoms with E-state index < -0.39 is 0 Å². The quantitative estimate of drug-likeness (QED) is 0.916. The van der Waals surface area contributed by atoms with Crippen LogP contribution in [0.2, 0.25) is 0 Å². The van der Waals surface area contributed by atoms with E-state index in [1.165, 1.54) is 18.4 Å². The molecular formula is C15H21BrN2O2. The molecule has 0 atom stereocenters. The highest BCUT2D eigenvalue weighted by molar-refractivity contribution is 9.10. The van der Waals surface area contributed by atoms with E-state index in [-0.39, 0.29) is 0 Å². The van der Waals surface area contributed by atoms with Gasteiger partial charge < -0.3 is 14.8 Å². The van der Waals surface area contributed by atoms with Crippen LogP contribution in [0.3, 0.4) is 0 Å². The topological polar surface area (TPSA) is 33.7 Å². The van der Waals surface area contributed by atoms with E-state index in [1.54, 1.807) is 0 Å². The van der Waals surface area contributed by atoms with Crippen LogP contribution in [-0.2, 0) is 6.54 Å². The Labute approximate surface area is 128 Å². The van der Waals surface area contributed by atoms with Gasteiger partial charge in [-0.3, -0.25) is 4.90 Å². The van der Waals surface area contributed by atoms with Crippen molar-refractivity contribution in [1.82, 2.24) is 10.2 Å². The van der Waals surface area contributed by atoms with Crippen molar-refractivity contribution in [2.45, 2.75) is 25.4 Å². The Hall–Kier alpha value is -0.780. The second-order valence-electron chi connectivity index (χ2n) is 5.43. The molecule has 1 saturated heterocycles. The summed E-state index contributed by atoms with van der Waals surface area (Å²) in [6.45, 7) is 4.53. The lowest BCUT2D eigenvalue weighted by atomic mass is 10.0. The number of hydrogen-bond acceptors (Lipinski definition) is 4. The van der Waals surface area contributed by atoms with Crippen LogP contribution in [-0.4, -0.2) is 44.3 Å². The number of rotatable bonds is 3. The fourth-order valence-electron chi connectivity index (χ4n) is 2.85. The number of hydrogen-bond donors (Lipinski definition) is 1. The molecule has 0 radical (unpaired) electrons. The van der Waals surface area contributed by atoms with Crippen LogP contribution < -0.4 is 14.8 Å². The largest absolute Gasteiger partial charge is 0.486 e. The third-order valence-corrected chi connectivity index (χ3v) is 4.84. The van der Waals surface area contributed by atoms with Crippen LogP contribution in [0.15, 0.2) is 16.6 Å². The standard InChI is InChI=1S/C15H21BrN2O2/c1-17-12-2-4-18(5-3-12)10-11-8-14-15(9-13(11)16)20-7-6-19-14/h8-9,12,17H,2-7,10H2,1H3. The van der Waals surface area contributed by atoms with Crippen molar-refractivity contribution in [2.75, 3.05) is 33.4 Å². The van der Waals surface area contributed by atoms with Gasteiger partial charge in [0.15, 0.2) is 11.5 Å². The normalized spacial score (nSPS) is 20.1. The fraction of sp³-hybridized carbons (Fsp3) is 0.600. The summed E-state index contributed by atoms with van der Waals surface area (Å²) < 4.78 is 12.4. The molecule has 0 unspecified atom stereocenters. The molecule has 2 aliphatic heterocycles. The summed E-state index contributed by atoms with van der Waals surface area (Å²) in [4.78, 5) is 2.50. The number of piperidine rings is 1. The smallest absolute Gasteiger partial charge is 0.162 e. The summed E-state index contributed by atoms with van der Waals surface area (Å²) in [7, 11) is 2.05. The summed E-state index contributed by atoms with van der Waals surface area (Å²) >= 11 is 3.65. The van der Waals surface area contributed by atoms with Crippen molar-refractivity contribution >= 4 is 15.9 Å². The Kier molecular flexibility index (Phi) is 4.48. The van der Waals surface area contributed by atoms with Gasteiger partial charge in [-0.1, -0.05) is 15.9 Å². The van der Waals surface area contributed by atoms with Crippen molar-refractivity contribution < 1.29 is 9.47 Å². The monoisotopic (exact) mass is 340 g/mol. The molecule has 1 N–H and O–H groups in total. The third-order valence-electron chi connectivity index (χ3n) is 4.10. The predicted octanol–water partition coefficient (Wildman–Crippen LogP) is 2.40. The molecule has 2 heterocycles. The van der Waals surface area contributed by atoms with E-state index in [9.17, 15) is 0 Å². The first kappa shape index (κ1) is 14.2. The Morgan fingerprint density at radius 2 is 1.85 bits per heavy atom. The number of nitrogens with one attached hydrogen (secondary N) is 1. The van der Waals surface area contributed by atoms with Gasteiger partial charge in [0, 0.05) is 17.1 Å².